The number of amides is 1. The topological polar surface area (TPSA) is 87.7 Å². The Labute approximate surface area is 177 Å². The molecule has 1 amide bonds. The van der Waals surface area contributed by atoms with E-state index in [1.54, 1.807) is 39.0 Å². The molecule has 30 heavy (non-hydrogen) atoms. The molecule has 7 nitrogen and oxygen atoms in total. The van der Waals surface area contributed by atoms with E-state index in [0.717, 1.165) is 0 Å². The van der Waals surface area contributed by atoms with E-state index >= 15 is 0 Å². The highest BCUT2D eigenvalue weighted by Gasteiger charge is 2.23. The van der Waals surface area contributed by atoms with Gasteiger partial charge >= 0.3 is 0 Å². The maximum absolute atomic E-state index is 13.9. The average molecular weight is 438 g/mol. The highest BCUT2D eigenvalue weighted by molar-refractivity contribution is 7.89. The number of hydrogen-bond donors (Lipinski definition) is 2. The molecule has 0 fully saturated rings. The SMILES string of the molecule is CCN(CC)S(=O)(=O)c1ccc(OC)c(NC(=O)CNC(C)c2ccccc2F)c1. The molecule has 0 saturated carbocycles. The van der Waals surface area contributed by atoms with Gasteiger partial charge in [-0.3, -0.25) is 4.79 Å². The van der Waals surface area contributed by atoms with Gasteiger partial charge in [0.25, 0.3) is 0 Å². The summed E-state index contributed by atoms with van der Waals surface area (Å²) in [6.07, 6.45) is 0. The van der Waals surface area contributed by atoms with Gasteiger partial charge in [0.05, 0.1) is 24.2 Å². The number of rotatable bonds is 10. The lowest BCUT2D eigenvalue weighted by atomic mass is 10.1. The van der Waals surface area contributed by atoms with Crippen LogP contribution in [0.1, 0.15) is 32.4 Å². The fourth-order valence-electron chi connectivity index (χ4n) is 3.03. The zero-order valence-corrected chi connectivity index (χ0v) is 18.4. The average Bonchev–Trinajstić information content (AvgIpc) is 2.73. The van der Waals surface area contributed by atoms with Gasteiger partial charge in [-0.05, 0) is 31.2 Å². The molecule has 0 aliphatic carbocycles. The van der Waals surface area contributed by atoms with E-state index in [2.05, 4.69) is 10.6 Å². The maximum Gasteiger partial charge on any atom is 0.243 e. The summed E-state index contributed by atoms with van der Waals surface area (Å²) in [7, 11) is -2.25. The minimum atomic E-state index is -3.68. The van der Waals surface area contributed by atoms with Gasteiger partial charge in [0.2, 0.25) is 15.9 Å². The molecule has 2 rings (SSSR count). The van der Waals surface area contributed by atoms with Gasteiger partial charge in [0, 0.05) is 24.7 Å². The Hall–Kier alpha value is -2.49. The van der Waals surface area contributed by atoms with Crippen molar-refractivity contribution in [2.75, 3.05) is 32.1 Å². The highest BCUT2D eigenvalue weighted by atomic mass is 32.2. The minimum Gasteiger partial charge on any atom is -0.495 e. The number of ether oxygens (including phenoxy) is 1. The Morgan fingerprint density at radius 3 is 2.43 bits per heavy atom. The molecule has 0 saturated heterocycles. The predicted octanol–water partition coefficient (Wildman–Crippen LogP) is 3.15. The Kier molecular flexibility index (Phi) is 8.33. The van der Waals surface area contributed by atoms with Crippen molar-refractivity contribution in [1.29, 1.82) is 0 Å². The number of hydrogen-bond acceptors (Lipinski definition) is 5. The van der Waals surface area contributed by atoms with Crippen molar-refractivity contribution in [3.8, 4) is 5.75 Å². The standard InChI is InChI=1S/C21H28FN3O4S/c1-5-25(6-2)30(27,28)16-11-12-20(29-4)19(13-16)24-21(26)14-23-15(3)17-9-7-8-10-18(17)22/h7-13,15,23H,5-6,14H2,1-4H3,(H,24,26). The van der Waals surface area contributed by atoms with Crippen molar-refractivity contribution in [3.05, 3.63) is 53.8 Å². The molecular weight excluding hydrogens is 409 g/mol. The lowest BCUT2D eigenvalue weighted by molar-refractivity contribution is -0.115. The van der Waals surface area contributed by atoms with E-state index in [1.807, 2.05) is 0 Å². The van der Waals surface area contributed by atoms with Crippen molar-refractivity contribution >= 4 is 21.6 Å². The van der Waals surface area contributed by atoms with Gasteiger partial charge < -0.3 is 15.4 Å². The zero-order valence-electron chi connectivity index (χ0n) is 17.6. The molecule has 0 bridgehead atoms. The molecule has 1 atom stereocenters. The fraction of sp³-hybridized carbons (Fsp3) is 0.381. The fourth-order valence-corrected chi connectivity index (χ4v) is 4.52. The predicted molar refractivity (Wildman–Crippen MR) is 115 cm³/mol. The largest absolute Gasteiger partial charge is 0.495 e. The number of nitrogens with zero attached hydrogens (tertiary/aromatic N) is 1. The second-order valence-corrected chi connectivity index (χ2v) is 8.56. The van der Waals surface area contributed by atoms with Crippen LogP contribution in [0.2, 0.25) is 0 Å². The van der Waals surface area contributed by atoms with Gasteiger partial charge in [0.15, 0.2) is 0 Å². The first kappa shape index (κ1) is 23.8. The number of halogens is 1. The van der Waals surface area contributed by atoms with Gasteiger partial charge in [-0.15, -0.1) is 0 Å². The molecule has 9 heteroatoms. The van der Waals surface area contributed by atoms with Gasteiger partial charge in [0.1, 0.15) is 11.6 Å². The molecule has 1 unspecified atom stereocenters. The first-order valence-electron chi connectivity index (χ1n) is 9.70. The number of carbonyl (C=O) groups is 1. The summed E-state index contributed by atoms with van der Waals surface area (Å²) < 4.78 is 46.0. The van der Waals surface area contributed by atoms with Crippen LogP contribution in [0, 0.1) is 5.82 Å². The molecule has 2 aromatic rings. The van der Waals surface area contributed by atoms with Crippen LogP contribution in [0.5, 0.6) is 5.75 Å². The van der Waals surface area contributed by atoms with Crippen LogP contribution in [0.15, 0.2) is 47.4 Å². The van der Waals surface area contributed by atoms with Crippen LogP contribution in [0.4, 0.5) is 10.1 Å². The quantitative estimate of drug-likeness (QED) is 0.596. The lowest BCUT2D eigenvalue weighted by Crippen LogP contribution is -2.31. The van der Waals surface area contributed by atoms with Crippen LogP contribution >= 0.6 is 0 Å². The molecule has 0 aliphatic heterocycles. The number of nitrogens with one attached hydrogen (secondary N) is 2. The molecule has 0 aliphatic rings. The summed E-state index contributed by atoms with van der Waals surface area (Å²) in [6, 6.07) is 10.3. The van der Waals surface area contributed by atoms with E-state index in [4.69, 9.17) is 4.74 Å². The van der Waals surface area contributed by atoms with Gasteiger partial charge in [-0.2, -0.15) is 4.31 Å². The first-order valence-corrected chi connectivity index (χ1v) is 11.1. The third kappa shape index (κ3) is 5.56. The van der Waals surface area contributed by atoms with Crippen LogP contribution in [0.25, 0.3) is 0 Å². The second-order valence-electron chi connectivity index (χ2n) is 6.62. The molecule has 0 heterocycles. The second kappa shape index (κ2) is 10.5. The number of sulfonamides is 1. The number of carbonyl (C=O) groups excluding carboxylic acids is 1. The van der Waals surface area contributed by atoms with Crippen molar-refractivity contribution in [2.45, 2.75) is 31.7 Å². The Morgan fingerprint density at radius 1 is 1.17 bits per heavy atom. The molecule has 164 valence electrons. The van der Waals surface area contributed by atoms with Crippen molar-refractivity contribution < 1.29 is 22.3 Å². The number of methoxy groups -OCH3 is 1. The minimum absolute atomic E-state index is 0.0648. The third-order valence-corrected chi connectivity index (χ3v) is 6.77. The Balaban J connectivity index is 2.15. The van der Waals surface area contributed by atoms with E-state index < -0.39 is 15.9 Å². The monoisotopic (exact) mass is 437 g/mol. The first-order chi connectivity index (χ1) is 14.2. The van der Waals surface area contributed by atoms with E-state index in [1.165, 1.54) is 35.7 Å². The van der Waals surface area contributed by atoms with E-state index in [-0.39, 0.29) is 29.0 Å². The Morgan fingerprint density at radius 2 is 1.83 bits per heavy atom. The molecular formula is C21H28FN3O4S. The summed E-state index contributed by atoms with van der Waals surface area (Å²) in [5, 5.41) is 5.63. The summed E-state index contributed by atoms with van der Waals surface area (Å²) >= 11 is 0. The molecule has 2 aromatic carbocycles. The van der Waals surface area contributed by atoms with Crippen LogP contribution < -0.4 is 15.4 Å². The summed E-state index contributed by atoms with van der Waals surface area (Å²) in [6.45, 7) is 5.86. The van der Waals surface area contributed by atoms with Crippen molar-refractivity contribution in [1.82, 2.24) is 9.62 Å². The van der Waals surface area contributed by atoms with Crippen LogP contribution in [0.3, 0.4) is 0 Å². The third-order valence-electron chi connectivity index (χ3n) is 4.73. The van der Waals surface area contributed by atoms with Crippen LogP contribution in [-0.4, -0.2) is 45.4 Å². The molecule has 2 N–H and O–H groups in total. The van der Waals surface area contributed by atoms with Crippen molar-refractivity contribution in [2.24, 2.45) is 0 Å². The normalized spacial score (nSPS) is 12.6. The smallest absolute Gasteiger partial charge is 0.243 e. The van der Waals surface area contributed by atoms with E-state index in [0.29, 0.717) is 24.4 Å². The van der Waals surface area contributed by atoms with Crippen LogP contribution in [-0.2, 0) is 14.8 Å². The van der Waals surface area contributed by atoms with Gasteiger partial charge in [-0.25, -0.2) is 12.8 Å². The number of benzene rings is 2. The van der Waals surface area contributed by atoms with Gasteiger partial charge in [-0.1, -0.05) is 32.0 Å². The summed E-state index contributed by atoms with van der Waals surface area (Å²) in [4.78, 5) is 12.5. The zero-order chi connectivity index (χ0) is 22.3. The van der Waals surface area contributed by atoms with E-state index in [9.17, 15) is 17.6 Å². The molecule has 0 aromatic heterocycles. The summed E-state index contributed by atoms with van der Waals surface area (Å²) in [5.41, 5.74) is 0.700. The summed E-state index contributed by atoms with van der Waals surface area (Å²) in [5.74, 6) is -0.424. The lowest BCUT2D eigenvalue weighted by Gasteiger charge is -2.20. The Bertz CT molecular complexity index is 978. The molecule has 0 spiro atoms. The number of anilines is 1. The molecule has 0 radical (unpaired) electrons. The maximum atomic E-state index is 13.9. The highest BCUT2D eigenvalue weighted by Crippen LogP contribution is 2.29. The van der Waals surface area contributed by atoms with Crippen molar-refractivity contribution in [3.63, 3.8) is 0 Å².